The van der Waals surface area contributed by atoms with Crippen LogP contribution in [-0.2, 0) is 20.9 Å². The molecule has 4 rings (SSSR count). The summed E-state index contributed by atoms with van der Waals surface area (Å²) in [6, 6.07) is 5.97. The van der Waals surface area contributed by atoms with Gasteiger partial charge in [-0.1, -0.05) is 6.07 Å². The summed E-state index contributed by atoms with van der Waals surface area (Å²) < 4.78 is 25.4. The molecule has 140 valence electrons. The molecule has 2 aliphatic heterocycles. The van der Waals surface area contributed by atoms with Crippen LogP contribution in [0.15, 0.2) is 18.2 Å². The van der Waals surface area contributed by atoms with Gasteiger partial charge in [-0.2, -0.15) is 0 Å². The van der Waals surface area contributed by atoms with Crippen LogP contribution in [0.3, 0.4) is 0 Å². The Morgan fingerprint density at radius 3 is 3.00 bits per heavy atom. The first-order valence-corrected chi connectivity index (χ1v) is 9.17. The number of aromatic nitrogens is 2. The standard InChI is InChI=1S/C19H24FN3O3/c1-12-2-3-15-16(8-12)22-18(21-15)11-26-17-10-23(9-14(17)20)19(24)13-4-6-25-7-5-13/h2-3,8,13-14,17H,4-7,9-11H2,1H3,(H,21,22)/t14-,17+/m1/s1. The van der Waals surface area contributed by atoms with Crippen molar-refractivity contribution in [3.63, 3.8) is 0 Å². The second-order valence-corrected chi connectivity index (χ2v) is 7.20. The molecule has 0 saturated carbocycles. The number of nitrogens with zero attached hydrogens (tertiary/aromatic N) is 2. The van der Waals surface area contributed by atoms with Crippen molar-refractivity contribution in [1.82, 2.24) is 14.9 Å². The molecule has 0 unspecified atom stereocenters. The fourth-order valence-corrected chi connectivity index (χ4v) is 3.70. The van der Waals surface area contributed by atoms with Gasteiger partial charge in [0, 0.05) is 25.7 Å². The number of H-pyrrole nitrogens is 1. The molecule has 1 aromatic heterocycles. The van der Waals surface area contributed by atoms with Crippen LogP contribution in [0.4, 0.5) is 4.39 Å². The van der Waals surface area contributed by atoms with E-state index in [0.717, 1.165) is 29.4 Å². The lowest BCUT2D eigenvalue weighted by atomic mass is 9.99. The van der Waals surface area contributed by atoms with Gasteiger partial charge in [-0.15, -0.1) is 0 Å². The van der Waals surface area contributed by atoms with Gasteiger partial charge in [0.2, 0.25) is 5.91 Å². The van der Waals surface area contributed by atoms with Gasteiger partial charge >= 0.3 is 0 Å². The first-order valence-electron chi connectivity index (χ1n) is 9.17. The van der Waals surface area contributed by atoms with E-state index >= 15 is 0 Å². The number of hydrogen-bond acceptors (Lipinski definition) is 4. The average Bonchev–Trinajstić information content (AvgIpc) is 3.22. The van der Waals surface area contributed by atoms with E-state index in [0.29, 0.717) is 25.6 Å². The van der Waals surface area contributed by atoms with Gasteiger partial charge < -0.3 is 19.4 Å². The summed E-state index contributed by atoms with van der Waals surface area (Å²) >= 11 is 0. The fraction of sp³-hybridized carbons (Fsp3) is 0.579. The van der Waals surface area contributed by atoms with Crippen molar-refractivity contribution < 1.29 is 18.7 Å². The highest BCUT2D eigenvalue weighted by molar-refractivity contribution is 5.79. The smallest absolute Gasteiger partial charge is 0.226 e. The Bertz CT molecular complexity index is 787. The average molecular weight is 361 g/mol. The minimum atomic E-state index is -1.16. The molecule has 2 aromatic rings. The quantitative estimate of drug-likeness (QED) is 0.908. The van der Waals surface area contributed by atoms with Gasteiger partial charge in [0.1, 0.15) is 24.7 Å². The lowest BCUT2D eigenvalue weighted by Gasteiger charge is -2.26. The van der Waals surface area contributed by atoms with Crippen LogP contribution in [0.25, 0.3) is 11.0 Å². The van der Waals surface area contributed by atoms with Gasteiger partial charge in [-0.05, 0) is 37.5 Å². The van der Waals surface area contributed by atoms with E-state index in [-0.39, 0.29) is 25.0 Å². The molecular weight excluding hydrogens is 337 g/mol. The van der Waals surface area contributed by atoms with Crippen molar-refractivity contribution >= 4 is 16.9 Å². The van der Waals surface area contributed by atoms with Crippen molar-refractivity contribution in [3.8, 4) is 0 Å². The molecule has 2 fully saturated rings. The molecule has 2 atom stereocenters. The molecule has 6 nitrogen and oxygen atoms in total. The predicted octanol–water partition coefficient (Wildman–Crippen LogP) is 2.36. The summed E-state index contributed by atoms with van der Waals surface area (Å²) in [5, 5.41) is 0. The Balaban J connectivity index is 1.35. The molecule has 3 heterocycles. The molecule has 1 aromatic carbocycles. The SMILES string of the molecule is Cc1ccc2nc(CO[C@H]3CN(C(=O)C4CCOCC4)C[C@H]3F)[nH]c2c1. The topological polar surface area (TPSA) is 67.4 Å². The largest absolute Gasteiger partial charge is 0.381 e. The Morgan fingerprint density at radius 1 is 1.38 bits per heavy atom. The van der Waals surface area contributed by atoms with Crippen LogP contribution in [0.5, 0.6) is 0 Å². The zero-order chi connectivity index (χ0) is 18.1. The second kappa shape index (κ2) is 7.32. The lowest BCUT2D eigenvalue weighted by molar-refractivity contribution is -0.138. The number of aryl methyl sites for hydroxylation is 1. The maximum Gasteiger partial charge on any atom is 0.226 e. The van der Waals surface area contributed by atoms with Crippen molar-refractivity contribution in [1.29, 1.82) is 0 Å². The summed E-state index contributed by atoms with van der Waals surface area (Å²) in [6.45, 7) is 3.85. The van der Waals surface area contributed by atoms with E-state index in [1.165, 1.54) is 0 Å². The molecule has 0 spiro atoms. The molecule has 0 bridgehead atoms. The number of rotatable bonds is 4. The van der Waals surface area contributed by atoms with Gasteiger partial charge in [-0.3, -0.25) is 4.79 Å². The monoisotopic (exact) mass is 361 g/mol. The highest BCUT2D eigenvalue weighted by Gasteiger charge is 2.38. The molecule has 1 N–H and O–H groups in total. The summed E-state index contributed by atoms with van der Waals surface area (Å²) in [5.41, 5.74) is 2.97. The summed E-state index contributed by atoms with van der Waals surface area (Å²) in [5.74, 6) is 0.654. The van der Waals surface area contributed by atoms with E-state index in [2.05, 4.69) is 9.97 Å². The number of benzene rings is 1. The van der Waals surface area contributed by atoms with Crippen LogP contribution in [-0.4, -0.2) is 59.4 Å². The van der Waals surface area contributed by atoms with Crippen molar-refractivity contribution in [2.75, 3.05) is 26.3 Å². The number of ether oxygens (including phenoxy) is 2. The number of carbonyl (C=O) groups is 1. The van der Waals surface area contributed by atoms with Crippen molar-refractivity contribution in [2.45, 2.75) is 38.6 Å². The summed E-state index contributed by atoms with van der Waals surface area (Å²) in [4.78, 5) is 21.8. The minimum absolute atomic E-state index is 0.0289. The number of carbonyl (C=O) groups excluding carboxylic acids is 1. The lowest BCUT2D eigenvalue weighted by Crippen LogP contribution is -2.37. The minimum Gasteiger partial charge on any atom is -0.381 e. The van der Waals surface area contributed by atoms with Gasteiger partial charge in [0.05, 0.1) is 17.6 Å². The van der Waals surface area contributed by atoms with Crippen LogP contribution in [0, 0.1) is 12.8 Å². The number of imidazole rings is 1. The number of halogens is 1. The third kappa shape index (κ3) is 3.59. The zero-order valence-corrected chi connectivity index (χ0v) is 14.9. The number of likely N-dealkylation sites (tertiary alicyclic amines) is 1. The summed E-state index contributed by atoms with van der Waals surface area (Å²) in [6.07, 6.45) is -0.328. The van der Waals surface area contributed by atoms with E-state index in [9.17, 15) is 9.18 Å². The van der Waals surface area contributed by atoms with Crippen LogP contribution in [0.1, 0.15) is 24.2 Å². The Morgan fingerprint density at radius 2 is 2.19 bits per heavy atom. The molecule has 2 aliphatic rings. The number of hydrogen-bond donors (Lipinski definition) is 1. The van der Waals surface area contributed by atoms with E-state index < -0.39 is 12.3 Å². The van der Waals surface area contributed by atoms with Gasteiger partial charge in [0.15, 0.2) is 0 Å². The maximum absolute atomic E-state index is 14.4. The van der Waals surface area contributed by atoms with E-state index in [4.69, 9.17) is 9.47 Å². The molecule has 0 radical (unpaired) electrons. The third-order valence-corrected chi connectivity index (χ3v) is 5.20. The highest BCUT2D eigenvalue weighted by Crippen LogP contribution is 2.24. The fourth-order valence-electron chi connectivity index (χ4n) is 3.70. The Kier molecular flexibility index (Phi) is 4.91. The molecule has 1 amide bonds. The molecule has 7 heteroatoms. The number of nitrogens with one attached hydrogen (secondary N) is 1. The van der Waals surface area contributed by atoms with Crippen LogP contribution in [0.2, 0.25) is 0 Å². The maximum atomic E-state index is 14.4. The van der Waals surface area contributed by atoms with Crippen LogP contribution >= 0.6 is 0 Å². The highest BCUT2D eigenvalue weighted by atomic mass is 19.1. The number of fused-ring (bicyclic) bond motifs is 1. The van der Waals surface area contributed by atoms with Gasteiger partial charge in [0.25, 0.3) is 0 Å². The van der Waals surface area contributed by atoms with Gasteiger partial charge in [-0.25, -0.2) is 9.37 Å². The van der Waals surface area contributed by atoms with Crippen LogP contribution < -0.4 is 0 Å². The first-order chi connectivity index (χ1) is 12.6. The number of amides is 1. The van der Waals surface area contributed by atoms with Crippen molar-refractivity contribution in [2.24, 2.45) is 5.92 Å². The second-order valence-electron chi connectivity index (χ2n) is 7.20. The molecule has 0 aliphatic carbocycles. The van der Waals surface area contributed by atoms with E-state index in [1.54, 1.807) is 4.90 Å². The first kappa shape index (κ1) is 17.4. The zero-order valence-electron chi connectivity index (χ0n) is 14.9. The summed E-state index contributed by atoms with van der Waals surface area (Å²) in [7, 11) is 0. The van der Waals surface area contributed by atoms with Crippen molar-refractivity contribution in [3.05, 3.63) is 29.6 Å². The third-order valence-electron chi connectivity index (χ3n) is 5.20. The predicted molar refractivity (Wildman–Crippen MR) is 94.4 cm³/mol. The Labute approximate surface area is 151 Å². The number of alkyl halides is 1. The normalized spacial score (nSPS) is 24.5. The van der Waals surface area contributed by atoms with E-state index in [1.807, 2.05) is 25.1 Å². The Hall–Kier alpha value is -1.99. The number of aromatic amines is 1. The molecule has 2 saturated heterocycles. The molecule has 26 heavy (non-hydrogen) atoms. The molecular formula is C19H24FN3O3.